The van der Waals surface area contributed by atoms with Crippen LogP contribution >= 0.6 is 0 Å². The van der Waals surface area contributed by atoms with Crippen LogP contribution < -0.4 is 5.48 Å². The molecule has 4 amide bonds. The largest absolute Gasteiger partial charge is 0.444 e. The lowest BCUT2D eigenvalue weighted by Crippen LogP contribution is -2.50. The van der Waals surface area contributed by atoms with E-state index in [4.69, 9.17) is 14.1 Å². The van der Waals surface area contributed by atoms with Gasteiger partial charge < -0.3 is 19.0 Å². The van der Waals surface area contributed by atoms with E-state index in [1.807, 2.05) is 0 Å². The summed E-state index contributed by atoms with van der Waals surface area (Å²) in [4.78, 5) is 45.0. The number of unbranched alkanes of at least 4 members (excludes halogenated alkanes) is 4. The predicted molar refractivity (Wildman–Crippen MR) is 178 cm³/mol. The van der Waals surface area contributed by atoms with E-state index in [-0.39, 0.29) is 19.5 Å². The summed E-state index contributed by atoms with van der Waals surface area (Å²) in [6, 6.07) is -2.28. The molecule has 0 unspecified atom stereocenters. The minimum Gasteiger partial charge on any atom is -0.444 e. The lowest BCUT2D eigenvalue weighted by molar-refractivity contribution is -0.929. The molecule has 0 spiro atoms. The fraction of sp³-hybridized carbons (Fsp3) is 0.906. The molecule has 0 aromatic carbocycles. The van der Waals surface area contributed by atoms with Crippen LogP contribution in [0.25, 0.3) is 0 Å². The van der Waals surface area contributed by atoms with Crippen molar-refractivity contribution in [3.63, 3.8) is 0 Å². The smallest absolute Gasteiger partial charge is 0.418 e. The van der Waals surface area contributed by atoms with Gasteiger partial charge in [-0.05, 0) is 65.7 Å². The molecule has 3 heterocycles. The minimum atomic E-state index is -4.85. The average molecular weight is 693 g/mol. The number of piperidine rings is 1. The van der Waals surface area contributed by atoms with Gasteiger partial charge in [-0.1, -0.05) is 53.4 Å². The summed E-state index contributed by atoms with van der Waals surface area (Å²) in [6.07, 6.45) is 11.3. The monoisotopic (exact) mass is 692 g/mol. The van der Waals surface area contributed by atoms with E-state index in [1.165, 1.54) is 91.8 Å². The first-order chi connectivity index (χ1) is 22.1. The molecule has 3 aliphatic heterocycles. The number of urea groups is 1. The van der Waals surface area contributed by atoms with Crippen molar-refractivity contribution in [3.8, 4) is 0 Å². The Balaban J connectivity index is 0.000000387. The van der Waals surface area contributed by atoms with Gasteiger partial charge >= 0.3 is 22.5 Å². The van der Waals surface area contributed by atoms with E-state index in [2.05, 4.69) is 37.5 Å². The summed E-state index contributed by atoms with van der Waals surface area (Å²) >= 11 is 0. The van der Waals surface area contributed by atoms with Crippen LogP contribution in [0.15, 0.2) is 0 Å². The second-order valence-electron chi connectivity index (χ2n) is 14.1. The van der Waals surface area contributed by atoms with E-state index in [0.29, 0.717) is 24.4 Å². The number of hydroxylamine groups is 3. The number of carbonyl (C=O) groups excluding carboxylic acids is 3. The van der Waals surface area contributed by atoms with Gasteiger partial charge in [-0.3, -0.25) is 14.2 Å². The quantitative estimate of drug-likeness (QED) is 0.121. The third-order valence-electron chi connectivity index (χ3n) is 8.87. The third-order valence-corrected chi connectivity index (χ3v) is 9.22. The normalized spacial score (nSPS) is 21.5. The zero-order valence-electron chi connectivity index (χ0n) is 29.9. The molecule has 47 heavy (non-hydrogen) atoms. The number of amides is 4. The number of hydrogen-bond donors (Lipinski definition) is 2. The number of carbonyl (C=O) groups is 3. The van der Waals surface area contributed by atoms with Crippen LogP contribution in [0.1, 0.15) is 119 Å². The SMILES string of the molecule is CC(C)(C)OC(=O)N1CC[C@@H](ONC(=O)[C@@H]2CC[C@@H]3CN2C(=O)N3OS(=O)(=O)O)C1.CCCC[N+](CCCC)(CCCC)CCCC. The van der Waals surface area contributed by atoms with Gasteiger partial charge in [0.2, 0.25) is 0 Å². The molecule has 14 nitrogen and oxygen atoms in total. The first kappa shape index (κ1) is 41.0. The highest BCUT2D eigenvalue weighted by Crippen LogP contribution is 2.31. The second kappa shape index (κ2) is 19.1. The van der Waals surface area contributed by atoms with E-state index in [9.17, 15) is 22.8 Å². The maximum Gasteiger partial charge on any atom is 0.418 e. The summed E-state index contributed by atoms with van der Waals surface area (Å²) in [7, 11) is -4.85. The Labute approximate surface area is 282 Å². The van der Waals surface area contributed by atoms with Gasteiger partial charge in [-0.2, -0.15) is 13.5 Å². The van der Waals surface area contributed by atoms with Crippen LogP contribution in [0.5, 0.6) is 0 Å². The van der Waals surface area contributed by atoms with Crippen LogP contribution in [0.2, 0.25) is 0 Å². The number of nitrogens with zero attached hydrogens (tertiary/aromatic N) is 4. The highest BCUT2D eigenvalue weighted by atomic mass is 32.3. The van der Waals surface area contributed by atoms with Crippen molar-refractivity contribution >= 4 is 28.4 Å². The van der Waals surface area contributed by atoms with Crippen molar-refractivity contribution in [1.82, 2.24) is 20.3 Å². The molecule has 2 N–H and O–H groups in total. The lowest BCUT2D eigenvalue weighted by Gasteiger charge is -2.39. The van der Waals surface area contributed by atoms with Crippen molar-refractivity contribution in [2.24, 2.45) is 0 Å². The van der Waals surface area contributed by atoms with Crippen LogP contribution in [0.4, 0.5) is 9.59 Å². The van der Waals surface area contributed by atoms with Crippen molar-refractivity contribution < 1.29 is 45.7 Å². The summed E-state index contributed by atoms with van der Waals surface area (Å²) in [5.41, 5.74) is 1.72. The van der Waals surface area contributed by atoms with Crippen LogP contribution in [0, 0.1) is 0 Å². The van der Waals surface area contributed by atoms with Crippen molar-refractivity contribution in [2.75, 3.05) is 45.8 Å². The Hall–Kier alpha value is -2.20. The number of quaternary nitrogens is 1. The Morgan fingerprint density at radius 3 is 1.89 bits per heavy atom. The van der Waals surface area contributed by atoms with Gasteiger partial charge in [0.05, 0.1) is 38.8 Å². The van der Waals surface area contributed by atoms with Gasteiger partial charge in [-0.25, -0.2) is 15.1 Å². The molecule has 0 saturated carbocycles. The van der Waals surface area contributed by atoms with Crippen LogP contribution in [-0.4, -0.2) is 120 Å². The standard InChI is InChI=1S/C16H26N4O9S.C16H36N/c1-16(2,3)27-15(23)18-7-6-11(9-18)28-17-13(21)12-5-4-10-8-19(12)14(22)20(10)29-30(24,25)26;1-5-9-13-17(14-10-6-2,15-11-7-3)16-12-8-4/h10-12H,4-9H2,1-3H3,(H,17,21)(H,24,25,26);5-16H2,1-4H3/q;+1/t10-,11-,12+;/m1./s1. The van der Waals surface area contributed by atoms with E-state index >= 15 is 0 Å². The molecule has 3 saturated heterocycles. The van der Waals surface area contributed by atoms with Crippen molar-refractivity contribution in [2.45, 2.75) is 143 Å². The van der Waals surface area contributed by atoms with Gasteiger partial charge in [0.1, 0.15) is 17.7 Å². The summed E-state index contributed by atoms with van der Waals surface area (Å²) < 4.78 is 41.7. The van der Waals surface area contributed by atoms with Crippen LogP contribution in [-0.2, 0) is 29.1 Å². The molecule has 15 heteroatoms. The molecule has 0 aliphatic carbocycles. The first-order valence-electron chi connectivity index (χ1n) is 17.6. The van der Waals surface area contributed by atoms with E-state index in [0.717, 1.165) is 0 Å². The van der Waals surface area contributed by atoms with Crippen molar-refractivity contribution in [1.29, 1.82) is 0 Å². The third kappa shape index (κ3) is 13.7. The highest BCUT2D eigenvalue weighted by Gasteiger charge is 2.49. The second-order valence-corrected chi connectivity index (χ2v) is 15.1. The summed E-state index contributed by atoms with van der Waals surface area (Å²) in [6.45, 7) is 21.1. The van der Waals surface area contributed by atoms with E-state index in [1.54, 1.807) is 20.8 Å². The Kier molecular flexibility index (Phi) is 16.7. The molecule has 274 valence electrons. The summed E-state index contributed by atoms with van der Waals surface area (Å²) in [5.74, 6) is -0.564. The Bertz CT molecular complexity index is 1060. The van der Waals surface area contributed by atoms with E-state index < -0.39 is 52.2 Å². The summed E-state index contributed by atoms with van der Waals surface area (Å²) in [5, 5.41) is 0.569. The predicted octanol–water partition coefficient (Wildman–Crippen LogP) is 5.05. The molecule has 0 aromatic rings. The molecular weight excluding hydrogens is 630 g/mol. The molecule has 0 radical (unpaired) electrons. The number of fused-ring (bicyclic) bond motifs is 2. The molecular formula is C32H62N5O9S+. The average Bonchev–Trinajstić information content (AvgIpc) is 3.57. The van der Waals surface area contributed by atoms with Gasteiger partial charge in [-0.15, -0.1) is 4.28 Å². The lowest BCUT2D eigenvalue weighted by atomic mass is 10.0. The zero-order chi connectivity index (χ0) is 35.3. The maximum atomic E-state index is 12.5. The molecule has 2 bridgehead atoms. The zero-order valence-corrected chi connectivity index (χ0v) is 30.7. The minimum absolute atomic E-state index is 0.0856. The number of likely N-dealkylation sites (tertiary alicyclic amines) is 1. The number of rotatable bonds is 17. The van der Waals surface area contributed by atoms with Crippen LogP contribution in [0.3, 0.4) is 0 Å². The highest BCUT2D eigenvalue weighted by molar-refractivity contribution is 7.80. The molecule has 3 fully saturated rings. The van der Waals surface area contributed by atoms with Crippen molar-refractivity contribution in [3.05, 3.63) is 0 Å². The van der Waals surface area contributed by atoms with Gasteiger partial charge in [0.25, 0.3) is 5.91 Å². The number of nitrogens with one attached hydrogen (secondary N) is 1. The molecule has 3 aliphatic rings. The fourth-order valence-corrected chi connectivity index (χ4v) is 6.66. The van der Waals surface area contributed by atoms with Gasteiger partial charge in [0.15, 0.2) is 0 Å². The molecule has 3 atom stereocenters. The molecule has 3 rings (SSSR count). The maximum absolute atomic E-state index is 12.5. The molecule has 0 aromatic heterocycles. The number of hydrogen-bond acceptors (Lipinski definition) is 8. The van der Waals surface area contributed by atoms with Gasteiger partial charge in [0, 0.05) is 13.1 Å². The Morgan fingerprint density at radius 2 is 1.43 bits per heavy atom. The Morgan fingerprint density at radius 1 is 0.894 bits per heavy atom. The topological polar surface area (TPSA) is 155 Å². The number of ether oxygens (including phenoxy) is 1. The fourth-order valence-electron chi connectivity index (χ4n) is 6.28. The first-order valence-corrected chi connectivity index (χ1v) is 19.0.